The van der Waals surface area contributed by atoms with E-state index in [9.17, 15) is 26.7 Å². The van der Waals surface area contributed by atoms with E-state index >= 15 is 0 Å². The molecule has 23 heavy (non-hydrogen) atoms. The van der Waals surface area contributed by atoms with Crippen LogP contribution in [0, 0.1) is 6.92 Å². The number of hydrogen-bond donors (Lipinski definition) is 3. The van der Waals surface area contributed by atoms with Crippen molar-refractivity contribution >= 4 is 29.2 Å². The maximum Gasteiger partial charge on any atom is 0.456 e. The summed E-state index contributed by atoms with van der Waals surface area (Å²) in [6.07, 6.45) is -7.26. The quantitative estimate of drug-likeness (QED) is 0.566. The Bertz CT molecular complexity index is 609. The molecule has 1 aromatic rings. The third kappa shape index (κ3) is 5.47. The van der Waals surface area contributed by atoms with Crippen LogP contribution in [0.25, 0.3) is 0 Å². The van der Waals surface area contributed by atoms with E-state index in [-0.39, 0.29) is 5.82 Å². The van der Waals surface area contributed by atoms with Crippen molar-refractivity contribution in [2.45, 2.75) is 19.0 Å². The van der Waals surface area contributed by atoms with Crippen LogP contribution < -0.4 is 15.4 Å². The lowest BCUT2D eigenvalue weighted by Crippen LogP contribution is -2.42. The predicted octanol–water partition coefficient (Wildman–Crippen LogP) is 2.93. The number of ether oxygens (including phenoxy) is 1. The van der Waals surface area contributed by atoms with Crippen LogP contribution in [-0.4, -0.2) is 40.0 Å². The molecule has 0 aliphatic heterocycles. The van der Waals surface area contributed by atoms with Crippen molar-refractivity contribution in [3.05, 3.63) is 17.8 Å². The minimum atomic E-state index is -5.76. The molecule has 0 saturated heterocycles. The number of halogens is 5. The van der Waals surface area contributed by atoms with Gasteiger partial charge >= 0.3 is 18.2 Å². The number of aromatic nitrogens is 1. The lowest BCUT2D eigenvalue weighted by atomic mass is 10.3. The molecule has 0 aliphatic carbocycles. The highest BCUT2D eigenvalue weighted by atomic mass is 32.1. The molecule has 0 spiro atoms. The summed E-state index contributed by atoms with van der Waals surface area (Å²) >= 11 is 4.61. The summed E-state index contributed by atoms with van der Waals surface area (Å²) in [7, 11) is 0. The van der Waals surface area contributed by atoms with Gasteiger partial charge in [0.15, 0.2) is 23.3 Å². The van der Waals surface area contributed by atoms with Gasteiger partial charge in [-0.15, -0.1) is 0 Å². The van der Waals surface area contributed by atoms with E-state index in [2.05, 4.69) is 27.3 Å². The molecule has 0 radical (unpaired) electrons. The van der Waals surface area contributed by atoms with Gasteiger partial charge in [0.05, 0.1) is 0 Å². The molecule has 0 aliphatic rings. The Hall–Kier alpha value is -2.24. The molecular formula is C11H10F5N3O3S. The maximum absolute atomic E-state index is 12.9. The molecule has 1 heterocycles. The van der Waals surface area contributed by atoms with E-state index in [4.69, 9.17) is 5.11 Å². The van der Waals surface area contributed by atoms with E-state index in [1.54, 1.807) is 5.32 Å². The lowest BCUT2D eigenvalue weighted by Gasteiger charge is -2.20. The second kappa shape index (κ2) is 6.89. The molecule has 1 amide bonds. The first-order valence-corrected chi connectivity index (χ1v) is 6.19. The summed E-state index contributed by atoms with van der Waals surface area (Å²) in [5.74, 6) is -5.81. The van der Waals surface area contributed by atoms with Gasteiger partial charge in [-0.05, 0) is 31.3 Å². The van der Waals surface area contributed by atoms with Gasteiger partial charge < -0.3 is 15.2 Å². The monoisotopic (exact) mass is 359 g/mol. The first-order valence-electron chi connectivity index (χ1n) is 5.78. The van der Waals surface area contributed by atoms with Crippen molar-refractivity contribution in [1.29, 1.82) is 0 Å². The van der Waals surface area contributed by atoms with Crippen LogP contribution in [0.15, 0.2) is 12.1 Å². The van der Waals surface area contributed by atoms with Crippen molar-refractivity contribution in [2.75, 3.05) is 11.9 Å². The zero-order valence-corrected chi connectivity index (χ0v) is 12.2. The van der Waals surface area contributed by atoms with Gasteiger partial charge in [-0.1, -0.05) is 0 Å². The Balaban J connectivity index is 2.91. The Morgan fingerprint density at radius 2 is 1.96 bits per heavy atom. The molecular weight excluding hydrogens is 349 g/mol. The molecule has 1 aromatic heterocycles. The largest absolute Gasteiger partial charge is 0.483 e. The minimum absolute atomic E-state index is 0.304. The van der Waals surface area contributed by atoms with Crippen molar-refractivity contribution in [2.24, 2.45) is 0 Å². The number of aryl methyl sites for hydroxylation is 1. The SMILES string of the molecule is Cc1ccc(OCC(F)(F)C(F)(F)F)c(NC(=S)NC(=O)O)n1. The first-order chi connectivity index (χ1) is 10.4. The molecule has 3 N–H and O–H groups in total. The molecule has 128 valence electrons. The van der Waals surface area contributed by atoms with Crippen molar-refractivity contribution in [3.8, 4) is 5.75 Å². The fraction of sp³-hybridized carbons (Fsp3) is 0.364. The summed E-state index contributed by atoms with van der Waals surface area (Å²) in [4.78, 5) is 14.2. The zero-order chi connectivity index (χ0) is 17.8. The number of nitrogens with zero attached hydrogens (tertiary/aromatic N) is 1. The van der Waals surface area contributed by atoms with E-state index in [0.29, 0.717) is 5.69 Å². The van der Waals surface area contributed by atoms with Gasteiger partial charge in [-0.3, -0.25) is 5.32 Å². The summed E-state index contributed by atoms with van der Waals surface area (Å²) < 4.78 is 66.5. The third-order valence-electron chi connectivity index (χ3n) is 2.27. The number of carboxylic acid groups (broad SMARTS) is 1. The fourth-order valence-corrected chi connectivity index (χ4v) is 1.42. The first kappa shape index (κ1) is 18.8. The molecule has 12 heteroatoms. The smallest absolute Gasteiger partial charge is 0.456 e. The number of rotatable bonds is 4. The number of thiocarbonyl (C=S) groups is 1. The third-order valence-corrected chi connectivity index (χ3v) is 2.48. The standard InChI is InChI=1S/C11H10F5N3O3S/c1-5-2-3-6(22-4-10(12,13)11(14,15)16)7(17-5)18-8(23)19-9(20)21/h2-3H,4H2,1H3,(H,20,21)(H2,17,18,19,23). The zero-order valence-electron chi connectivity index (χ0n) is 11.4. The van der Waals surface area contributed by atoms with Crippen molar-refractivity contribution in [3.63, 3.8) is 0 Å². The topological polar surface area (TPSA) is 83.5 Å². The molecule has 0 bridgehead atoms. The van der Waals surface area contributed by atoms with Crippen molar-refractivity contribution in [1.82, 2.24) is 10.3 Å². The van der Waals surface area contributed by atoms with Gasteiger partial charge in [0.25, 0.3) is 0 Å². The second-order valence-corrected chi connectivity index (χ2v) is 4.58. The number of carbonyl (C=O) groups is 1. The Morgan fingerprint density at radius 3 is 2.48 bits per heavy atom. The number of pyridine rings is 1. The number of amides is 1. The predicted molar refractivity (Wildman–Crippen MR) is 72.9 cm³/mol. The average molecular weight is 359 g/mol. The fourth-order valence-electron chi connectivity index (χ4n) is 1.24. The summed E-state index contributed by atoms with van der Waals surface area (Å²) in [6, 6.07) is 2.40. The van der Waals surface area contributed by atoms with Gasteiger partial charge in [-0.2, -0.15) is 22.0 Å². The number of hydrogen-bond acceptors (Lipinski definition) is 4. The van der Waals surface area contributed by atoms with E-state index < -0.39 is 35.7 Å². The normalized spacial score (nSPS) is 11.7. The Labute approximate surface area is 131 Å². The Morgan fingerprint density at radius 1 is 1.35 bits per heavy atom. The van der Waals surface area contributed by atoms with Gasteiger partial charge in [0.1, 0.15) is 0 Å². The lowest BCUT2D eigenvalue weighted by molar-refractivity contribution is -0.289. The summed E-state index contributed by atoms with van der Waals surface area (Å²) in [5, 5.41) is 12.0. The number of alkyl halides is 5. The molecule has 0 atom stereocenters. The average Bonchev–Trinajstić information content (AvgIpc) is 2.35. The summed E-state index contributed by atoms with van der Waals surface area (Å²) in [5.41, 5.74) is 0.362. The highest BCUT2D eigenvalue weighted by molar-refractivity contribution is 7.80. The van der Waals surface area contributed by atoms with E-state index in [1.165, 1.54) is 13.0 Å². The van der Waals surface area contributed by atoms with Gasteiger partial charge in [0, 0.05) is 5.69 Å². The van der Waals surface area contributed by atoms with Gasteiger partial charge in [0.2, 0.25) is 0 Å². The number of nitrogens with one attached hydrogen (secondary N) is 2. The number of anilines is 1. The molecule has 0 saturated carbocycles. The van der Waals surface area contributed by atoms with Crippen LogP contribution in [0.5, 0.6) is 5.75 Å². The molecule has 6 nitrogen and oxygen atoms in total. The van der Waals surface area contributed by atoms with E-state index in [1.807, 2.05) is 0 Å². The minimum Gasteiger partial charge on any atom is -0.483 e. The van der Waals surface area contributed by atoms with E-state index in [0.717, 1.165) is 6.07 Å². The highest BCUT2D eigenvalue weighted by Crippen LogP contribution is 2.36. The molecule has 0 unspecified atom stereocenters. The van der Waals surface area contributed by atoms with Crippen LogP contribution in [0.4, 0.5) is 32.6 Å². The van der Waals surface area contributed by atoms with Crippen molar-refractivity contribution < 1.29 is 36.6 Å². The maximum atomic E-state index is 12.9. The molecule has 1 rings (SSSR count). The van der Waals surface area contributed by atoms with Crippen LogP contribution in [0.1, 0.15) is 5.69 Å². The van der Waals surface area contributed by atoms with Crippen LogP contribution >= 0.6 is 12.2 Å². The molecule has 0 aromatic carbocycles. The van der Waals surface area contributed by atoms with Gasteiger partial charge in [-0.25, -0.2) is 9.78 Å². The summed E-state index contributed by atoms with van der Waals surface area (Å²) in [6.45, 7) is -0.456. The van der Waals surface area contributed by atoms with Crippen LogP contribution in [0.3, 0.4) is 0 Å². The van der Waals surface area contributed by atoms with Crippen LogP contribution in [-0.2, 0) is 0 Å². The highest BCUT2D eigenvalue weighted by Gasteiger charge is 2.58. The molecule has 0 fully saturated rings. The van der Waals surface area contributed by atoms with Crippen LogP contribution in [0.2, 0.25) is 0 Å². The Kier molecular flexibility index (Phi) is 5.64. The second-order valence-electron chi connectivity index (χ2n) is 4.17.